The number of rotatable bonds is 6. The van der Waals surface area contributed by atoms with Crippen molar-refractivity contribution in [2.45, 2.75) is 82.6 Å². The molecule has 5 fully saturated rings. The lowest BCUT2D eigenvalue weighted by atomic mass is 9.37. The predicted octanol–water partition coefficient (Wildman–Crippen LogP) is 5.87. The maximum absolute atomic E-state index is 13.9. The second-order valence-electron chi connectivity index (χ2n) is 11.2. The highest BCUT2D eigenvalue weighted by Gasteiger charge is 2.65. The van der Waals surface area contributed by atoms with Crippen molar-refractivity contribution in [3.05, 3.63) is 35.9 Å². The van der Waals surface area contributed by atoms with Crippen LogP contribution in [0.2, 0.25) is 0 Å². The van der Waals surface area contributed by atoms with E-state index in [-0.39, 0.29) is 16.2 Å². The van der Waals surface area contributed by atoms with Crippen LogP contribution in [0, 0.1) is 22.7 Å². The minimum absolute atomic E-state index is 0.0879. The normalized spacial score (nSPS) is 43.4. The maximum Gasteiger partial charge on any atom is 0.139 e. The first kappa shape index (κ1) is 20.1. The topological polar surface area (TPSA) is 29.1 Å². The molecule has 2 nitrogen and oxygen atoms in total. The average molecular weight is 414 g/mol. The molecule has 1 N–H and O–H groups in total. The fraction of sp³-hybridized carbons (Fsp3) is 0.731. The molecule has 6 rings (SSSR count). The number of benzene rings is 1. The van der Waals surface area contributed by atoms with Crippen LogP contribution in [0.4, 0.5) is 0 Å². The summed E-state index contributed by atoms with van der Waals surface area (Å²) in [6.45, 7) is 3.33. The fourth-order valence-electron chi connectivity index (χ4n) is 8.44. The number of carbonyl (C=O) groups excluding carboxylic acids is 1. The van der Waals surface area contributed by atoms with Crippen LogP contribution >= 0.6 is 11.6 Å². The van der Waals surface area contributed by atoms with Crippen molar-refractivity contribution in [2.75, 3.05) is 12.4 Å². The summed E-state index contributed by atoms with van der Waals surface area (Å²) >= 11 is 6.33. The van der Waals surface area contributed by atoms with Gasteiger partial charge in [0, 0.05) is 23.8 Å². The van der Waals surface area contributed by atoms with Crippen LogP contribution in [0.1, 0.15) is 76.7 Å². The monoisotopic (exact) mass is 413 g/mol. The third kappa shape index (κ3) is 3.49. The Morgan fingerprint density at radius 1 is 1.14 bits per heavy atom. The Hall–Kier alpha value is -0.860. The molecule has 29 heavy (non-hydrogen) atoms. The Balaban J connectivity index is 1.47. The van der Waals surface area contributed by atoms with E-state index in [1.54, 1.807) is 0 Å². The maximum atomic E-state index is 13.9. The molecule has 4 bridgehead atoms. The van der Waals surface area contributed by atoms with Gasteiger partial charge in [0.1, 0.15) is 5.78 Å². The molecule has 0 amide bonds. The van der Waals surface area contributed by atoms with Gasteiger partial charge in [0.15, 0.2) is 0 Å². The number of nitrogens with one attached hydrogen (secondary N) is 1. The Morgan fingerprint density at radius 2 is 1.97 bits per heavy atom. The van der Waals surface area contributed by atoms with Crippen molar-refractivity contribution in [3.63, 3.8) is 0 Å². The van der Waals surface area contributed by atoms with Gasteiger partial charge in [-0.3, -0.25) is 4.79 Å². The second kappa shape index (κ2) is 7.38. The van der Waals surface area contributed by atoms with E-state index < -0.39 is 0 Å². The molecule has 0 aromatic heterocycles. The number of hydrogen-bond donors (Lipinski definition) is 1. The molecule has 1 aromatic rings. The van der Waals surface area contributed by atoms with E-state index >= 15 is 0 Å². The molecule has 1 aromatic carbocycles. The molecular formula is C26H36ClNO. The Labute approximate surface area is 181 Å². The largest absolute Gasteiger partial charge is 0.314 e. The van der Waals surface area contributed by atoms with Crippen LogP contribution < -0.4 is 5.32 Å². The van der Waals surface area contributed by atoms with E-state index in [9.17, 15) is 4.79 Å². The summed E-state index contributed by atoms with van der Waals surface area (Å²) in [7, 11) is 0. The van der Waals surface area contributed by atoms with Crippen molar-refractivity contribution in [1.82, 2.24) is 5.32 Å². The first-order valence-corrected chi connectivity index (χ1v) is 12.4. The zero-order valence-corrected chi connectivity index (χ0v) is 18.6. The highest BCUT2D eigenvalue weighted by Crippen LogP contribution is 2.71. The Bertz CT molecular complexity index is 765. The Kier molecular flexibility index (Phi) is 5.10. The van der Waals surface area contributed by atoms with Crippen molar-refractivity contribution in [2.24, 2.45) is 22.7 Å². The summed E-state index contributed by atoms with van der Waals surface area (Å²) in [5, 5.41) is 3.54. The number of hydrogen-bond acceptors (Lipinski definition) is 2. The molecule has 0 spiro atoms. The molecular weight excluding hydrogens is 378 g/mol. The lowest BCUT2D eigenvalue weighted by molar-refractivity contribution is -0.162. The summed E-state index contributed by atoms with van der Waals surface area (Å²) in [6.07, 6.45) is 11.4. The molecule has 158 valence electrons. The van der Waals surface area contributed by atoms with E-state index in [0.29, 0.717) is 23.7 Å². The lowest BCUT2D eigenvalue weighted by Crippen LogP contribution is -2.61. The predicted molar refractivity (Wildman–Crippen MR) is 119 cm³/mol. The molecule has 4 aliphatic carbocycles. The molecule has 5 aliphatic rings. The van der Waals surface area contributed by atoms with E-state index in [1.807, 2.05) is 0 Å². The molecule has 6 atom stereocenters. The number of alkyl halides is 1. The van der Waals surface area contributed by atoms with Crippen LogP contribution in [0.3, 0.4) is 0 Å². The van der Waals surface area contributed by atoms with E-state index in [1.165, 1.54) is 24.8 Å². The van der Waals surface area contributed by atoms with Crippen molar-refractivity contribution >= 4 is 17.4 Å². The minimum Gasteiger partial charge on any atom is -0.314 e. The van der Waals surface area contributed by atoms with Gasteiger partial charge in [-0.1, -0.05) is 30.3 Å². The van der Waals surface area contributed by atoms with Crippen LogP contribution in [0.5, 0.6) is 0 Å². The van der Waals surface area contributed by atoms with Gasteiger partial charge >= 0.3 is 0 Å². The zero-order valence-electron chi connectivity index (χ0n) is 17.9. The SMILES string of the molecule is C[C@@H]1C[C@@H](CC(=O)C23CC4C[C@@](CCCl)(C2)C[C@](c2ccccc2)(C4)C3)CCN1. The molecule has 2 unspecified atom stereocenters. The molecule has 1 saturated heterocycles. The van der Waals surface area contributed by atoms with Crippen molar-refractivity contribution < 1.29 is 4.79 Å². The molecule has 4 saturated carbocycles. The van der Waals surface area contributed by atoms with Gasteiger partial charge in [-0.2, -0.15) is 0 Å². The van der Waals surface area contributed by atoms with Crippen molar-refractivity contribution in [3.8, 4) is 0 Å². The van der Waals surface area contributed by atoms with Gasteiger partial charge in [0.2, 0.25) is 0 Å². The smallest absolute Gasteiger partial charge is 0.139 e. The van der Waals surface area contributed by atoms with Gasteiger partial charge in [0.05, 0.1) is 0 Å². The third-order valence-corrected chi connectivity index (χ3v) is 9.18. The molecule has 3 heteroatoms. The van der Waals surface area contributed by atoms with Crippen molar-refractivity contribution in [1.29, 1.82) is 0 Å². The van der Waals surface area contributed by atoms with Crippen LogP contribution in [-0.2, 0) is 10.2 Å². The first-order valence-electron chi connectivity index (χ1n) is 11.8. The minimum atomic E-state index is -0.0879. The molecule has 0 radical (unpaired) electrons. The summed E-state index contributed by atoms with van der Waals surface area (Å²) in [4.78, 5) is 13.9. The summed E-state index contributed by atoms with van der Waals surface area (Å²) < 4.78 is 0. The quantitative estimate of drug-likeness (QED) is 0.590. The first-order chi connectivity index (χ1) is 14.0. The number of Topliss-reactive ketones (excluding diaryl/α,β-unsaturated/α-hetero) is 1. The van der Waals surface area contributed by atoms with Crippen LogP contribution in [0.15, 0.2) is 30.3 Å². The average Bonchev–Trinajstić information content (AvgIpc) is 2.68. The van der Waals surface area contributed by atoms with E-state index in [0.717, 1.165) is 57.4 Å². The molecule has 1 aliphatic heterocycles. The van der Waals surface area contributed by atoms with E-state index in [4.69, 9.17) is 11.6 Å². The highest BCUT2D eigenvalue weighted by atomic mass is 35.5. The number of carbonyl (C=O) groups is 1. The highest BCUT2D eigenvalue weighted by molar-refractivity contribution is 6.17. The summed E-state index contributed by atoms with van der Waals surface area (Å²) in [5.74, 6) is 2.60. The second-order valence-corrected chi connectivity index (χ2v) is 11.6. The number of halogens is 1. The van der Waals surface area contributed by atoms with Gasteiger partial charge in [-0.25, -0.2) is 0 Å². The standard InChI is InChI=1S/C26H36ClNO/c1-19-11-20(7-10-28-19)12-23(29)26-15-21-13-24(17-26,8-9-27)16-25(14-21,18-26)22-5-3-2-4-6-22/h2-6,19-21,28H,7-18H2,1H3/t19-,20+,21?,24-,25-,26?/m1/s1. The van der Waals surface area contributed by atoms with Gasteiger partial charge in [-0.15, -0.1) is 11.6 Å². The summed E-state index contributed by atoms with van der Waals surface area (Å²) in [5.41, 5.74) is 1.88. The Morgan fingerprint density at radius 3 is 2.72 bits per heavy atom. The lowest BCUT2D eigenvalue weighted by Gasteiger charge is -2.66. The van der Waals surface area contributed by atoms with Gasteiger partial charge < -0.3 is 5.32 Å². The molecule has 1 heterocycles. The van der Waals surface area contributed by atoms with E-state index in [2.05, 4.69) is 42.6 Å². The fourth-order valence-corrected chi connectivity index (χ4v) is 8.84. The van der Waals surface area contributed by atoms with Gasteiger partial charge in [0.25, 0.3) is 0 Å². The number of piperidine rings is 1. The van der Waals surface area contributed by atoms with Crippen LogP contribution in [-0.4, -0.2) is 24.2 Å². The van der Waals surface area contributed by atoms with Gasteiger partial charge in [-0.05, 0) is 99.5 Å². The zero-order chi connectivity index (χ0) is 20.1. The van der Waals surface area contributed by atoms with Crippen LogP contribution in [0.25, 0.3) is 0 Å². The summed E-state index contributed by atoms with van der Waals surface area (Å²) in [6, 6.07) is 11.7. The number of ketones is 1. The third-order valence-electron chi connectivity index (χ3n) is 8.99.